The molecule has 0 atom stereocenters. The summed E-state index contributed by atoms with van der Waals surface area (Å²) in [5, 5.41) is 5.96. The average Bonchev–Trinajstić information content (AvgIpc) is 3.17. The highest BCUT2D eigenvalue weighted by atomic mass is 19.4. The van der Waals surface area contributed by atoms with Crippen LogP contribution in [0.1, 0.15) is 16.4 Å². The van der Waals surface area contributed by atoms with Crippen LogP contribution >= 0.6 is 0 Å². The fraction of sp³-hybridized carbons (Fsp3) is 0.176. The number of benzene rings is 1. The second-order valence-electron chi connectivity index (χ2n) is 5.26. The van der Waals surface area contributed by atoms with Crippen molar-refractivity contribution in [2.45, 2.75) is 6.18 Å². The molecule has 2 heterocycles. The summed E-state index contributed by atoms with van der Waals surface area (Å²) in [6.45, 7) is 0.468. The van der Waals surface area contributed by atoms with Crippen molar-refractivity contribution >= 4 is 5.91 Å². The van der Waals surface area contributed by atoms with E-state index in [-0.39, 0.29) is 24.9 Å². The minimum atomic E-state index is -4.69. The zero-order valence-corrected chi connectivity index (χ0v) is 13.7. The molecule has 0 spiro atoms. The van der Waals surface area contributed by atoms with Crippen LogP contribution in [0.3, 0.4) is 0 Å². The molecule has 7 nitrogen and oxygen atoms in total. The molecular formula is C17H13F3N4O3. The smallest absolute Gasteiger partial charge is 0.471 e. The fourth-order valence-corrected chi connectivity index (χ4v) is 2.08. The van der Waals surface area contributed by atoms with Crippen LogP contribution < -0.4 is 10.1 Å². The molecule has 1 amide bonds. The van der Waals surface area contributed by atoms with E-state index in [1.807, 2.05) is 0 Å². The molecule has 1 N–H and O–H groups in total. The van der Waals surface area contributed by atoms with Gasteiger partial charge in [-0.15, -0.1) is 0 Å². The van der Waals surface area contributed by atoms with Crippen LogP contribution in [0.5, 0.6) is 5.75 Å². The molecule has 2 aromatic heterocycles. The van der Waals surface area contributed by atoms with E-state index in [1.165, 1.54) is 18.3 Å². The van der Waals surface area contributed by atoms with Gasteiger partial charge in [0.15, 0.2) is 0 Å². The Morgan fingerprint density at radius 2 is 1.93 bits per heavy atom. The first-order valence-corrected chi connectivity index (χ1v) is 7.77. The van der Waals surface area contributed by atoms with Gasteiger partial charge in [0.1, 0.15) is 18.1 Å². The number of nitrogens with one attached hydrogen (secondary N) is 1. The number of hydrogen-bond acceptors (Lipinski definition) is 6. The molecule has 10 heteroatoms. The lowest BCUT2D eigenvalue weighted by atomic mass is 10.2. The number of amides is 1. The molecular weight excluding hydrogens is 365 g/mol. The molecule has 0 saturated carbocycles. The van der Waals surface area contributed by atoms with E-state index in [0.717, 1.165) is 0 Å². The van der Waals surface area contributed by atoms with E-state index in [1.54, 1.807) is 30.3 Å². The Bertz CT molecular complexity index is 896. The number of nitrogens with zero attached hydrogens (tertiary/aromatic N) is 3. The van der Waals surface area contributed by atoms with Gasteiger partial charge in [0, 0.05) is 11.8 Å². The normalized spacial score (nSPS) is 11.2. The lowest BCUT2D eigenvalue weighted by molar-refractivity contribution is -0.159. The third kappa shape index (κ3) is 4.81. The molecule has 27 heavy (non-hydrogen) atoms. The number of hydrogen-bond donors (Lipinski definition) is 1. The van der Waals surface area contributed by atoms with E-state index in [2.05, 4.69) is 25.0 Å². The second-order valence-corrected chi connectivity index (χ2v) is 5.26. The van der Waals surface area contributed by atoms with Crippen molar-refractivity contribution in [3.8, 4) is 17.1 Å². The highest BCUT2D eigenvalue weighted by Crippen LogP contribution is 2.29. The van der Waals surface area contributed by atoms with Gasteiger partial charge < -0.3 is 14.6 Å². The Hall–Kier alpha value is -3.43. The van der Waals surface area contributed by atoms with Gasteiger partial charge in [-0.2, -0.15) is 18.2 Å². The summed E-state index contributed by atoms with van der Waals surface area (Å²) in [7, 11) is 0. The molecule has 3 rings (SSSR count). The Balaban J connectivity index is 1.49. The molecule has 0 aliphatic heterocycles. The van der Waals surface area contributed by atoms with Crippen molar-refractivity contribution in [2.24, 2.45) is 0 Å². The van der Waals surface area contributed by atoms with E-state index in [0.29, 0.717) is 17.0 Å². The van der Waals surface area contributed by atoms with Crippen LogP contribution in [0, 0.1) is 0 Å². The van der Waals surface area contributed by atoms with Crippen molar-refractivity contribution in [3.63, 3.8) is 0 Å². The van der Waals surface area contributed by atoms with Gasteiger partial charge in [-0.25, -0.2) is 0 Å². The Morgan fingerprint density at radius 3 is 2.56 bits per heavy atom. The van der Waals surface area contributed by atoms with E-state index in [9.17, 15) is 18.0 Å². The minimum absolute atomic E-state index is 0.170. The number of carbonyl (C=O) groups is 1. The van der Waals surface area contributed by atoms with Crippen LogP contribution in [0.4, 0.5) is 13.2 Å². The van der Waals surface area contributed by atoms with Gasteiger partial charge >= 0.3 is 12.1 Å². The first kappa shape index (κ1) is 18.4. The molecule has 1 aromatic carbocycles. The van der Waals surface area contributed by atoms with E-state index >= 15 is 0 Å². The molecule has 0 saturated heterocycles. The lowest BCUT2D eigenvalue weighted by Crippen LogP contribution is -2.28. The standard InChI is InChI=1S/C17H13F3N4O3/c18-17(19,20)16-23-14(24-27-16)11-4-6-12(7-5-11)26-10-9-22-15(25)13-3-1-2-8-21-13/h1-8H,9-10H2,(H,22,25). The first-order valence-electron chi connectivity index (χ1n) is 7.77. The van der Waals surface area contributed by atoms with Crippen molar-refractivity contribution in [1.29, 1.82) is 0 Å². The summed E-state index contributed by atoms with van der Waals surface area (Å²) in [5.41, 5.74) is 0.658. The van der Waals surface area contributed by atoms with Crippen LogP contribution in [0.15, 0.2) is 53.2 Å². The number of carbonyl (C=O) groups excluding carboxylic acids is 1. The fourth-order valence-electron chi connectivity index (χ4n) is 2.08. The summed E-state index contributed by atoms with van der Waals surface area (Å²) in [4.78, 5) is 19.0. The molecule has 140 valence electrons. The maximum absolute atomic E-state index is 12.5. The molecule has 0 bridgehead atoms. The SMILES string of the molecule is O=C(NCCOc1ccc(-c2noc(C(F)(F)F)n2)cc1)c1ccccn1. The molecule has 0 fully saturated rings. The summed E-state index contributed by atoms with van der Waals surface area (Å²) >= 11 is 0. The van der Waals surface area contributed by atoms with E-state index < -0.39 is 12.1 Å². The maximum atomic E-state index is 12.5. The van der Waals surface area contributed by atoms with Crippen molar-refractivity contribution < 1.29 is 27.2 Å². The topological polar surface area (TPSA) is 90.1 Å². The van der Waals surface area contributed by atoms with Crippen molar-refractivity contribution in [1.82, 2.24) is 20.4 Å². The molecule has 3 aromatic rings. The van der Waals surface area contributed by atoms with Gasteiger partial charge in [-0.3, -0.25) is 9.78 Å². The number of aromatic nitrogens is 3. The van der Waals surface area contributed by atoms with Gasteiger partial charge in [-0.1, -0.05) is 11.2 Å². The first-order chi connectivity index (χ1) is 12.9. The highest BCUT2D eigenvalue weighted by Gasteiger charge is 2.38. The van der Waals surface area contributed by atoms with Crippen LogP contribution in [0.2, 0.25) is 0 Å². The van der Waals surface area contributed by atoms with Gasteiger partial charge in [0.25, 0.3) is 5.91 Å². The number of ether oxygens (including phenoxy) is 1. The Kier molecular flexibility index (Phi) is 5.34. The number of rotatable bonds is 6. The number of pyridine rings is 1. The average molecular weight is 378 g/mol. The molecule has 0 unspecified atom stereocenters. The largest absolute Gasteiger partial charge is 0.492 e. The highest BCUT2D eigenvalue weighted by molar-refractivity contribution is 5.92. The maximum Gasteiger partial charge on any atom is 0.471 e. The second kappa shape index (κ2) is 7.85. The predicted octanol–water partition coefficient (Wildman–Crippen LogP) is 2.96. The Morgan fingerprint density at radius 1 is 1.15 bits per heavy atom. The zero-order chi connectivity index (χ0) is 19.3. The minimum Gasteiger partial charge on any atom is -0.492 e. The molecule has 0 radical (unpaired) electrons. The molecule has 0 aliphatic carbocycles. The predicted molar refractivity (Wildman–Crippen MR) is 86.8 cm³/mol. The van der Waals surface area contributed by atoms with Gasteiger partial charge in [0.05, 0.1) is 6.54 Å². The monoisotopic (exact) mass is 378 g/mol. The van der Waals surface area contributed by atoms with Crippen molar-refractivity contribution in [2.75, 3.05) is 13.2 Å². The van der Waals surface area contributed by atoms with Crippen LogP contribution in [-0.4, -0.2) is 34.2 Å². The number of halogens is 3. The van der Waals surface area contributed by atoms with E-state index in [4.69, 9.17) is 4.74 Å². The summed E-state index contributed by atoms with van der Waals surface area (Å²) in [6, 6.07) is 11.1. The zero-order valence-electron chi connectivity index (χ0n) is 13.7. The lowest BCUT2D eigenvalue weighted by Gasteiger charge is -2.07. The van der Waals surface area contributed by atoms with Gasteiger partial charge in [-0.05, 0) is 36.4 Å². The third-order valence-electron chi connectivity index (χ3n) is 3.33. The van der Waals surface area contributed by atoms with Gasteiger partial charge in [0.2, 0.25) is 5.82 Å². The summed E-state index contributed by atoms with van der Waals surface area (Å²) < 4.78 is 47.1. The summed E-state index contributed by atoms with van der Waals surface area (Å²) in [6.07, 6.45) is -3.16. The van der Waals surface area contributed by atoms with Crippen LogP contribution in [-0.2, 0) is 6.18 Å². The Labute approximate surface area is 151 Å². The summed E-state index contributed by atoms with van der Waals surface area (Å²) in [5.74, 6) is -1.41. The van der Waals surface area contributed by atoms with Crippen LogP contribution in [0.25, 0.3) is 11.4 Å². The quantitative estimate of drug-likeness (QED) is 0.664. The third-order valence-corrected chi connectivity index (χ3v) is 3.33. The number of alkyl halides is 3. The van der Waals surface area contributed by atoms with Crippen molar-refractivity contribution in [3.05, 3.63) is 60.2 Å². The molecule has 0 aliphatic rings.